The molecule has 28 heavy (non-hydrogen) atoms. The summed E-state index contributed by atoms with van der Waals surface area (Å²) in [5, 5.41) is 3.10. The third kappa shape index (κ3) is 4.37. The standard InChI is InChI=1S/C23H27N3O2/c27-23(26-12-10-20(11-13-26)19-6-2-1-3-7-19)24-18-21-8-4-5-9-22(21)25-14-16-28-17-15-25/h1-10H,11-18H2,(H,24,27). The molecule has 1 fully saturated rings. The molecule has 4 rings (SSSR count). The fourth-order valence-corrected chi connectivity index (χ4v) is 3.82. The van der Waals surface area contributed by atoms with Gasteiger partial charge in [0.05, 0.1) is 13.2 Å². The fourth-order valence-electron chi connectivity index (χ4n) is 3.82. The highest BCUT2D eigenvalue weighted by atomic mass is 16.5. The van der Waals surface area contributed by atoms with Crippen molar-refractivity contribution in [1.82, 2.24) is 10.2 Å². The lowest BCUT2D eigenvalue weighted by Crippen LogP contribution is -2.42. The van der Waals surface area contributed by atoms with Crippen molar-refractivity contribution >= 4 is 17.3 Å². The number of anilines is 1. The second-order valence-corrected chi connectivity index (χ2v) is 7.18. The molecule has 2 aromatic rings. The van der Waals surface area contributed by atoms with Crippen molar-refractivity contribution in [2.75, 3.05) is 44.3 Å². The van der Waals surface area contributed by atoms with E-state index in [2.05, 4.69) is 58.8 Å². The maximum Gasteiger partial charge on any atom is 0.317 e. The molecule has 2 heterocycles. The number of para-hydroxylation sites is 1. The second kappa shape index (κ2) is 8.93. The summed E-state index contributed by atoms with van der Waals surface area (Å²) in [6, 6.07) is 18.7. The first-order chi connectivity index (χ1) is 13.8. The van der Waals surface area contributed by atoms with Crippen molar-refractivity contribution in [2.24, 2.45) is 0 Å². The van der Waals surface area contributed by atoms with E-state index < -0.39 is 0 Å². The van der Waals surface area contributed by atoms with Crippen molar-refractivity contribution in [3.63, 3.8) is 0 Å². The number of amides is 2. The van der Waals surface area contributed by atoms with Crippen molar-refractivity contribution in [2.45, 2.75) is 13.0 Å². The Kier molecular flexibility index (Phi) is 5.92. The number of nitrogens with one attached hydrogen (secondary N) is 1. The van der Waals surface area contributed by atoms with Crippen LogP contribution >= 0.6 is 0 Å². The number of hydrogen-bond donors (Lipinski definition) is 1. The van der Waals surface area contributed by atoms with Gasteiger partial charge in [0, 0.05) is 38.4 Å². The number of benzene rings is 2. The zero-order valence-electron chi connectivity index (χ0n) is 16.1. The van der Waals surface area contributed by atoms with Crippen molar-refractivity contribution < 1.29 is 9.53 Å². The first-order valence-corrected chi connectivity index (χ1v) is 9.99. The molecule has 2 aliphatic rings. The van der Waals surface area contributed by atoms with Crippen molar-refractivity contribution in [3.8, 4) is 0 Å². The van der Waals surface area contributed by atoms with Crippen LogP contribution in [0.3, 0.4) is 0 Å². The van der Waals surface area contributed by atoms with Crippen LogP contribution in [0.25, 0.3) is 5.57 Å². The fraction of sp³-hybridized carbons (Fsp3) is 0.348. The van der Waals surface area contributed by atoms with Gasteiger partial charge in [0.25, 0.3) is 0 Å². The van der Waals surface area contributed by atoms with Gasteiger partial charge in [0.2, 0.25) is 0 Å². The van der Waals surface area contributed by atoms with E-state index in [0.717, 1.165) is 44.8 Å². The number of hydrogen-bond acceptors (Lipinski definition) is 3. The quantitative estimate of drug-likeness (QED) is 0.887. The molecule has 0 radical (unpaired) electrons. The number of nitrogens with zero attached hydrogens (tertiary/aromatic N) is 2. The van der Waals surface area contributed by atoms with E-state index >= 15 is 0 Å². The number of carbonyl (C=O) groups excluding carboxylic acids is 1. The topological polar surface area (TPSA) is 44.8 Å². The van der Waals surface area contributed by atoms with Gasteiger partial charge >= 0.3 is 6.03 Å². The van der Waals surface area contributed by atoms with E-state index in [-0.39, 0.29) is 6.03 Å². The molecule has 146 valence electrons. The van der Waals surface area contributed by atoms with Crippen LogP contribution < -0.4 is 10.2 Å². The zero-order chi connectivity index (χ0) is 19.2. The molecule has 0 saturated carbocycles. The number of carbonyl (C=O) groups is 1. The highest BCUT2D eigenvalue weighted by Gasteiger charge is 2.19. The number of ether oxygens (including phenoxy) is 1. The van der Waals surface area contributed by atoms with Gasteiger partial charge in [-0.05, 0) is 29.2 Å². The average Bonchev–Trinajstić information content (AvgIpc) is 2.79. The maximum absolute atomic E-state index is 12.7. The predicted octanol–water partition coefficient (Wildman–Crippen LogP) is 3.52. The molecular formula is C23H27N3O2. The Morgan fingerprint density at radius 1 is 0.964 bits per heavy atom. The molecule has 0 aliphatic carbocycles. The summed E-state index contributed by atoms with van der Waals surface area (Å²) >= 11 is 0. The van der Waals surface area contributed by atoms with E-state index in [9.17, 15) is 4.79 Å². The molecule has 0 atom stereocenters. The Hall–Kier alpha value is -2.79. The van der Waals surface area contributed by atoms with Crippen LogP contribution in [-0.2, 0) is 11.3 Å². The monoisotopic (exact) mass is 377 g/mol. The first kappa shape index (κ1) is 18.6. The summed E-state index contributed by atoms with van der Waals surface area (Å²) in [7, 11) is 0. The van der Waals surface area contributed by atoms with Crippen LogP contribution in [0.1, 0.15) is 17.5 Å². The molecule has 5 nitrogen and oxygen atoms in total. The maximum atomic E-state index is 12.7. The second-order valence-electron chi connectivity index (χ2n) is 7.18. The smallest absolute Gasteiger partial charge is 0.317 e. The van der Waals surface area contributed by atoms with E-state index in [4.69, 9.17) is 4.74 Å². The van der Waals surface area contributed by atoms with Crippen LogP contribution in [0.15, 0.2) is 60.7 Å². The molecular weight excluding hydrogens is 350 g/mol. The van der Waals surface area contributed by atoms with E-state index in [1.54, 1.807) is 0 Å². The number of morpholine rings is 1. The lowest BCUT2D eigenvalue weighted by molar-refractivity contribution is 0.122. The van der Waals surface area contributed by atoms with Gasteiger partial charge in [0.15, 0.2) is 0 Å². The molecule has 0 bridgehead atoms. The number of urea groups is 1. The lowest BCUT2D eigenvalue weighted by atomic mass is 10.00. The van der Waals surface area contributed by atoms with E-state index in [0.29, 0.717) is 13.1 Å². The number of rotatable bonds is 4. The van der Waals surface area contributed by atoms with Gasteiger partial charge < -0.3 is 19.9 Å². The van der Waals surface area contributed by atoms with Crippen molar-refractivity contribution in [3.05, 3.63) is 71.8 Å². The minimum Gasteiger partial charge on any atom is -0.378 e. The van der Waals surface area contributed by atoms with Crippen LogP contribution in [-0.4, -0.2) is 50.3 Å². The highest BCUT2D eigenvalue weighted by Crippen LogP contribution is 2.23. The summed E-state index contributed by atoms with van der Waals surface area (Å²) in [4.78, 5) is 16.9. The molecule has 0 unspecified atom stereocenters. The van der Waals surface area contributed by atoms with Crippen LogP contribution in [0.5, 0.6) is 0 Å². The van der Waals surface area contributed by atoms with Gasteiger partial charge in [-0.25, -0.2) is 4.79 Å². The molecule has 2 aromatic carbocycles. The summed E-state index contributed by atoms with van der Waals surface area (Å²) in [5.74, 6) is 0. The Balaban J connectivity index is 1.35. The van der Waals surface area contributed by atoms with Crippen molar-refractivity contribution in [1.29, 1.82) is 0 Å². The molecule has 5 heteroatoms. The highest BCUT2D eigenvalue weighted by molar-refractivity contribution is 5.77. The Morgan fingerprint density at radius 3 is 2.46 bits per heavy atom. The third-order valence-corrected chi connectivity index (χ3v) is 5.41. The Labute approximate surface area is 166 Å². The average molecular weight is 377 g/mol. The Bertz CT molecular complexity index is 829. The van der Waals surface area contributed by atoms with Gasteiger partial charge in [-0.1, -0.05) is 54.6 Å². The van der Waals surface area contributed by atoms with E-state index in [1.807, 2.05) is 17.0 Å². The molecule has 2 aliphatic heterocycles. The normalized spacial score (nSPS) is 17.2. The van der Waals surface area contributed by atoms with Gasteiger partial charge in [-0.2, -0.15) is 0 Å². The molecule has 0 spiro atoms. The predicted molar refractivity (Wildman–Crippen MR) is 112 cm³/mol. The lowest BCUT2D eigenvalue weighted by Gasteiger charge is -2.31. The van der Waals surface area contributed by atoms with Crippen LogP contribution in [0, 0.1) is 0 Å². The van der Waals surface area contributed by atoms with Crippen LogP contribution in [0.2, 0.25) is 0 Å². The first-order valence-electron chi connectivity index (χ1n) is 9.99. The zero-order valence-corrected chi connectivity index (χ0v) is 16.1. The molecule has 2 amide bonds. The SMILES string of the molecule is O=C(NCc1ccccc1N1CCOCC1)N1CC=C(c2ccccc2)CC1. The van der Waals surface area contributed by atoms with Gasteiger partial charge in [0.1, 0.15) is 0 Å². The van der Waals surface area contributed by atoms with E-state index in [1.165, 1.54) is 16.8 Å². The molecule has 0 aromatic heterocycles. The van der Waals surface area contributed by atoms with Gasteiger partial charge in [-0.15, -0.1) is 0 Å². The van der Waals surface area contributed by atoms with Gasteiger partial charge in [-0.3, -0.25) is 0 Å². The molecule has 1 saturated heterocycles. The summed E-state index contributed by atoms with van der Waals surface area (Å²) < 4.78 is 5.46. The molecule has 1 N–H and O–H groups in total. The minimum absolute atomic E-state index is 0.000132. The third-order valence-electron chi connectivity index (χ3n) is 5.41. The summed E-state index contributed by atoms with van der Waals surface area (Å²) in [5.41, 5.74) is 4.91. The Morgan fingerprint density at radius 2 is 1.71 bits per heavy atom. The summed E-state index contributed by atoms with van der Waals surface area (Å²) in [6.07, 6.45) is 3.06. The van der Waals surface area contributed by atoms with Crippen LogP contribution in [0.4, 0.5) is 10.5 Å². The summed E-state index contributed by atoms with van der Waals surface area (Å²) in [6.45, 7) is 5.24. The minimum atomic E-state index is 0.000132. The largest absolute Gasteiger partial charge is 0.378 e.